The van der Waals surface area contributed by atoms with Gasteiger partial charge in [-0.15, -0.1) is 0 Å². The molecule has 1 N–H and O–H groups in total. The lowest BCUT2D eigenvalue weighted by Crippen LogP contribution is -2.58. The van der Waals surface area contributed by atoms with Gasteiger partial charge in [0.25, 0.3) is 0 Å². The molecule has 1 heterocycles. The molecule has 0 spiro atoms. The molecule has 1 saturated heterocycles. The predicted octanol–water partition coefficient (Wildman–Crippen LogP) is 1.07. The van der Waals surface area contributed by atoms with Crippen LogP contribution in [0.15, 0.2) is 0 Å². The molecule has 3 nitrogen and oxygen atoms in total. The molecule has 0 aromatic heterocycles. The minimum Gasteiger partial charge on any atom is -0.311 e. The summed E-state index contributed by atoms with van der Waals surface area (Å²) in [4.78, 5) is 2.51. The Kier molecular flexibility index (Phi) is 5.94. The number of rotatable bonds is 5. The van der Waals surface area contributed by atoms with Crippen molar-refractivity contribution >= 4 is 10.8 Å². The van der Waals surface area contributed by atoms with E-state index in [9.17, 15) is 4.21 Å². The maximum Gasteiger partial charge on any atom is 0.0362 e. The second kappa shape index (κ2) is 6.72. The van der Waals surface area contributed by atoms with E-state index in [0.29, 0.717) is 18.0 Å². The van der Waals surface area contributed by atoms with Gasteiger partial charge in [0.2, 0.25) is 0 Å². The molecule has 1 aliphatic rings. The molecule has 4 heteroatoms. The predicted molar refractivity (Wildman–Crippen MR) is 71.2 cm³/mol. The molecule has 16 heavy (non-hydrogen) atoms. The summed E-state index contributed by atoms with van der Waals surface area (Å²) in [6, 6.07) is 1.16. The van der Waals surface area contributed by atoms with E-state index in [1.807, 2.05) is 6.92 Å². The van der Waals surface area contributed by atoms with Crippen molar-refractivity contribution in [2.24, 2.45) is 5.92 Å². The molecule has 1 rings (SSSR count). The highest BCUT2D eigenvalue weighted by Crippen LogP contribution is 2.14. The van der Waals surface area contributed by atoms with Crippen LogP contribution in [-0.4, -0.2) is 52.3 Å². The molecule has 0 radical (unpaired) electrons. The van der Waals surface area contributed by atoms with E-state index in [-0.39, 0.29) is 0 Å². The largest absolute Gasteiger partial charge is 0.311 e. The Morgan fingerprint density at radius 3 is 2.75 bits per heavy atom. The fraction of sp³-hybridized carbons (Fsp3) is 1.00. The number of nitrogens with one attached hydrogen (secondary N) is 1. The summed E-state index contributed by atoms with van der Waals surface area (Å²) >= 11 is 0. The van der Waals surface area contributed by atoms with Gasteiger partial charge >= 0.3 is 0 Å². The van der Waals surface area contributed by atoms with Gasteiger partial charge < -0.3 is 5.32 Å². The van der Waals surface area contributed by atoms with Gasteiger partial charge in [-0.05, 0) is 12.8 Å². The van der Waals surface area contributed by atoms with Crippen molar-refractivity contribution in [1.29, 1.82) is 0 Å². The van der Waals surface area contributed by atoms with Crippen LogP contribution in [0.2, 0.25) is 0 Å². The van der Waals surface area contributed by atoms with E-state index in [2.05, 4.69) is 31.0 Å². The van der Waals surface area contributed by atoms with Gasteiger partial charge in [-0.2, -0.15) is 0 Å². The van der Waals surface area contributed by atoms with Crippen molar-refractivity contribution in [2.45, 2.75) is 39.8 Å². The maximum atomic E-state index is 11.5. The zero-order valence-corrected chi connectivity index (χ0v) is 11.8. The molecule has 1 aliphatic heterocycles. The van der Waals surface area contributed by atoms with Crippen molar-refractivity contribution in [3.05, 3.63) is 0 Å². The number of hydrogen-bond donors (Lipinski definition) is 1. The standard InChI is InChI=1S/C12H26N2OS/c1-5-16(15)7-6-14-9-11(4)13-8-12(14)10(2)3/h10-13H,5-9H2,1-4H3. The van der Waals surface area contributed by atoms with Gasteiger partial charge in [0.1, 0.15) is 0 Å². The molecule has 0 amide bonds. The first-order chi connectivity index (χ1) is 7.54. The van der Waals surface area contributed by atoms with Gasteiger partial charge in [-0.25, -0.2) is 0 Å². The minimum absolute atomic E-state index is 0.560. The van der Waals surface area contributed by atoms with E-state index in [1.165, 1.54) is 0 Å². The summed E-state index contributed by atoms with van der Waals surface area (Å²) in [7, 11) is -0.630. The van der Waals surface area contributed by atoms with Gasteiger partial charge in [-0.1, -0.05) is 20.8 Å². The van der Waals surface area contributed by atoms with Crippen LogP contribution in [-0.2, 0) is 10.8 Å². The van der Waals surface area contributed by atoms with Gasteiger partial charge in [-0.3, -0.25) is 9.11 Å². The Bertz CT molecular complexity index is 233. The third kappa shape index (κ3) is 4.15. The number of hydrogen-bond acceptors (Lipinski definition) is 3. The Labute approximate surface area is 102 Å². The monoisotopic (exact) mass is 246 g/mol. The van der Waals surface area contributed by atoms with Crippen LogP contribution in [0.4, 0.5) is 0 Å². The van der Waals surface area contributed by atoms with Crippen LogP contribution in [0.25, 0.3) is 0 Å². The smallest absolute Gasteiger partial charge is 0.0362 e. The Morgan fingerprint density at radius 1 is 1.50 bits per heavy atom. The average Bonchev–Trinajstić information content (AvgIpc) is 2.25. The molecule has 1 fully saturated rings. The zero-order valence-electron chi connectivity index (χ0n) is 11.0. The first kappa shape index (κ1) is 14.1. The van der Waals surface area contributed by atoms with Gasteiger partial charge in [0.15, 0.2) is 0 Å². The summed E-state index contributed by atoms with van der Waals surface area (Å²) in [6.45, 7) is 11.9. The van der Waals surface area contributed by atoms with E-state index >= 15 is 0 Å². The molecule has 3 atom stereocenters. The summed E-state index contributed by atoms with van der Waals surface area (Å²) in [6.07, 6.45) is 0. The van der Waals surface area contributed by atoms with Crippen molar-refractivity contribution < 1.29 is 4.21 Å². The van der Waals surface area contributed by atoms with E-state index < -0.39 is 10.8 Å². The van der Waals surface area contributed by atoms with Crippen LogP contribution in [0, 0.1) is 5.92 Å². The van der Waals surface area contributed by atoms with E-state index in [4.69, 9.17) is 0 Å². The molecule has 0 bridgehead atoms. The van der Waals surface area contributed by atoms with Crippen molar-refractivity contribution in [3.8, 4) is 0 Å². The zero-order chi connectivity index (χ0) is 12.1. The fourth-order valence-corrected chi connectivity index (χ4v) is 3.01. The summed E-state index contributed by atoms with van der Waals surface area (Å²) in [5.74, 6) is 2.27. The van der Waals surface area contributed by atoms with Crippen molar-refractivity contribution in [2.75, 3.05) is 31.1 Å². The lowest BCUT2D eigenvalue weighted by atomic mass is 9.99. The Hall–Kier alpha value is 0.0700. The number of nitrogens with zero attached hydrogens (tertiary/aromatic N) is 1. The van der Waals surface area contributed by atoms with Gasteiger partial charge in [0, 0.05) is 54.0 Å². The van der Waals surface area contributed by atoms with Crippen molar-refractivity contribution in [1.82, 2.24) is 10.2 Å². The lowest BCUT2D eigenvalue weighted by Gasteiger charge is -2.41. The SMILES string of the molecule is CCS(=O)CCN1CC(C)NCC1C(C)C. The average molecular weight is 246 g/mol. The topological polar surface area (TPSA) is 32.3 Å². The molecule has 3 unspecified atom stereocenters. The van der Waals surface area contributed by atoms with E-state index in [0.717, 1.165) is 31.1 Å². The lowest BCUT2D eigenvalue weighted by molar-refractivity contribution is 0.110. The quantitative estimate of drug-likeness (QED) is 0.788. The summed E-state index contributed by atoms with van der Waals surface area (Å²) < 4.78 is 11.5. The van der Waals surface area contributed by atoms with Crippen LogP contribution < -0.4 is 5.32 Å². The third-order valence-electron chi connectivity index (χ3n) is 3.35. The first-order valence-electron chi connectivity index (χ1n) is 6.37. The molecule has 0 saturated carbocycles. The molecule has 96 valence electrons. The molecule has 0 aliphatic carbocycles. The second-order valence-electron chi connectivity index (χ2n) is 5.05. The van der Waals surface area contributed by atoms with Crippen LogP contribution in [0.5, 0.6) is 0 Å². The second-order valence-corrected chi connectivity index (χ2v) is 6.91. The van der Waals surface area contributed by atoms with Crippen LogP contribution in [0.3, 0.4) is 0 Å². The number of piperazine rings is 1. The fourth-order valence-electron chi connectivity index (χ4n) is 2.28. The maximum absolute atomic E-state index is 11.5. The Morgan fingerprint density at radius 2 is 2.19 bits per heavy atom. The van der Waals surface area contributed by atoms with Crippen LogP contribution >= 0.6 is 0 Å². The molecular weight excluding hydrogens is 220 g/mol. The van der Waals surface area contributed by atoms with Crippen LogP contribution in [0.1, 0.15) is 27.7 Å². The highest BCUT2D eigenvalue weighted by atomic mass is 32.2. The summed E-state index contributed by atoms with van der Waals surface area (Å²) in [5.41, 5.74) is 0. The Balaban J connectivity index is 2.47. The molecular formula is C12H26N2OS. The van der Waals surface area contributed by atoms with E-state index in [1.54, 1.807) is 0 Å². The molecule has 0 aromatic rings. The minimum atomic E-state index is -0.630. The van der Waals surface area contributed by atoms with Gasteiger partial charge in [0.05, 0.1) is 0 Å². The first-order valence-corrected chi connectivity index (χ1v) is 7.85. The normalized spacial score (nSPS) is 29.6. The molecule has 0 aromatic carbocycles. The van der Waals surface area contributed by atoms with Crippen molar-refractivity contribution in [3.63, 3.8) is 0 Å². The highest BCUT2D eigenvalue weighted by molar-refractivity contribution is 7.84. The highest BCUT2D eigenvalue weighted by Gasteiger charge is 2.27. The summed E-state index contributed by atoms with van der Waals surface area (Å²) in [5, 5.41) is 3.53. The third-order valence-corrected chi connectivity index (χ3v) is 4.63.